The first-order chi connectivity index (χ1) is 14.6. The monoisotopic (exact) mass is 414 g/mol. The first-order valence-corrected chi connectivity index (χ1v) is 10.5. The Kier molecular flexibility index (Phi) is 4.52. The van der Waals surface area contributed by atoms with Gasteiger partial charge in [-0.05, 0) is 47.7 Å². The second kappa shape index (κ2) is 7.35. The summed E-state index contributed by atoms with van der Waals surface area (Å²) in [4.78, 5) is 34.2. The van der Waals surface area contributed by atoms with Gasteiger partial charge in [0.1, 0.15) is 11.7 Å². The summed E-state index contributed by atoms with van der Waals surface area (Å²) in [5.74, 6) is -0.615. The highest BCUT2D eigenvalue weighted by molar-refractivity contribution is 7.17. The molecule has 6 nitrogen and oxygen atoms in total. The van der Waals surface area contributed by atoms with E-state index in [4.69, 9.17) is 0 Å². The Morgan fingerprint density at radius 2 is 2.07 bits per heavy atom. The maximum atomic E-state index is 13.0. The fourth-order valence-electron chi connectivity index (χ4n) is 3.65. The minimum Gasteiger partial charge on any atom is -0.335 e. The van der Waals surface area contributed by atoms with Crippen LogP contribution in [0.2, 0.25) is 0 Å². The number of aryl methyl sites for hydroxylation is 1. The number of rotatable bonds is 4. The number of hydrogen-bond acceptors (Lipinski definition) is 5. The van der Waals surface area contributed by atoms with E-state index in [0.29, 0.717) is 12.1 Å². The van der Waals surface area contributed by atoms with Crippen molar-refractivity contribution in [1.82, 2.24) is 15.3 Å². The molecule has 2 N–H and O–H groups in total. The van der Waals surface area contributed by atoms with E-state index in [1.807, 2.05) is 67.0 Å². The molecule has 0 aliphatic carbocycles. The summed E-state index contributed by atoms with van der Waals surface area (Å²) in [6.07, 6.45) is 2.51. The van der Waals surface area contributed by atoms with Gasteiger partial charge in [0, 0.05) is 29.6 Å². The van der Waals surface area contributed by atoms with Gasteiger partial charge in [0.05, 0.1) is 10.2 Å². The molecule has 0 spiro atoms. The Hall–Kier alpha value is -3.58. The van der Waals surface area contributed by atoms with Crippen molar-refractivity contribution in [2.75, 3.05) is 5.32 Å². The third-order valence-corrected chi connectivity index (χ3v) is 6.13. The number of pyridine rings is 2. The highest BCUT2D eigenvalue weighted by Crippen LogP contribution is 2.31. The lowest BCUT2D eigenvalue weighted by Crippen LogP contribution is -2.33. The predicted octanol–water partition coefficient (Wildman–Crippen LogP) is 4.01. The molecule has 0 fully saturated rings. The van der Waals surface area contributed by atoms with Crippen LogP contribution in [0.25, 0.3) is 10.2 Å². The lowest BCUT2D eigenvalue weighted by molar-refractivity contribution is -0.117. The lowest BCUT2D eigenvalue weighted by atomic mass is 10.0. The van der Waals surface area contributed by atoms with Crippen molar-refractivity contribution in [3.05, 3.63) is 88.2 Å². The standard InChI is InChI=1S/C23H18N4O2S/c1-13-6-7-14(12-24-13)10-15-11-19(25-18-8-9-30-21(15)18)22(28)27-20-16-4-2-3-5-17(16)26-23(20)29/h2-9,11-12,20H,10H2,1H3,(H,26,29)(H,27,28). The van der Waals surface area contributed by atoms with E-state index < -0.39 is 6.04 Å². The number of fused-ring (bicyclic) bond motifs is 2. The van der Waals surface area contributed by atoms with Gasteiger partial charge in [0.2, 0.25) is 0 Å². The number of benzene rings is 1. The molecule has 1 aliphatic heterocycles. The van der Waals surface area contributed by atoms with Crippen LogP contribution in [0.15, 0.2) is 60.1 Å². The maximum absolute atomic E-state index is 13.0. The molecule has 0 bridgehead atoms. The molecule has 2 amide bonds. The average Bonchev–Trinajstić information content (AvgIpc) is 3.34. The van der Waals surface area contributed by atoms with E-state index in [9.17, 15) is 9.59 Å². The van der Waals surface area contributed by atoms with Crippen molar-refractivity contribution < 1.29 is 9.59 Å². The smallest absolute Gasteiger partial charge is 0.270 e. The number of aromatic nitrogens is 2. The second-order valence-corrected chi connectivity index (χ2v) is 8.19. The van der Waals surface area contributed by atoms with Gasteiger partial charge in [0.25, 0.3) is 11.8 Å². The molecule has 3 aromatic heterocycles. The van der Waals surface area contributed by atoms with Crippen molar-refractivity contribution in [1.29, 1.82) is 0 Å². The number of nitrogens with one attached hydrogen (secondary N) is 2. The molecule has 0 radical (unpaired) electrons. The van der Waals surface area contributed by atoms with Crippen LogP contribution in [-0.4, -0.2) is 21.8 Å². The number of carbonyl (C=O) groups is 2. The van der Waals surface area contributed by atoms with Crippen LogP contribution in [-0.2, 0) is 11.2 Å². The third-order valence-electron chi connectivity index (χ3n) is 5.16. The molecule has 4 heterocycles. The van der Waals surface area contributed by atoms with Gasteiger partial charge in [0.15, 0.2) is 0 Å². The van der Waals surface area contributed by atoms with Crippen LogP contribution < -0.4 is 10.6 Å². The number of thiophene rings is 1. The molecule has 1 atom stereocenters. The molecular weight excluding hydrogens is 396 g/mol. The first kappa shape index (κ1) is 18.4. The van der Waals surface area contributed by atoms with Crippen LogP contribution >= 0.6 is 11.3 Å². The van der Waals surface area contributed by atoms with Gasteiger partial charge in [-0.3, -0.25) is 14.6 Å². The summed E-state index contributed by atoms with van der Waals surface area (Å²) in [7, 11) is 0. The molecule has 1 aliphatic rings. The van der Waals surface area contributed by atoms with Crippen LogP contribution in [0.3, 0.4) is 0 Å². The Morgan fingerprint density at radius 1 is 1.20 bits per heavy atom. The zero-order valence-corrected chi connectivity index (χ0v) is 17.0. The molecule has 1 aromatic carbocycles. The quantitative estimate of drug-likeness (QED) is 0.528. The number of anilines is 1. The Balaban J connectivity index is 1.46. The largest absolute Gasteiger partial charge is 0.335 e. The molecule has 1 unspecified atom stereocenters. The first-order valence-electron chi connectivity index (χ1n) is 9.58. The fourth-order valence-corrected chi connectivity index (χ4v) is 4.50. The van der Waals surface area contributed by atoms with E-state index >= 15 is 0 Å². The summed E-state index contributed by atoms with van der Waals surface area (Å²) in [5.41, 5.74) is 5.61. The molecule has 0 saturated heterocycles. The number of nitrogens with zero attached hydrogens (tertiary/aromatic N) is 2. The predicted molar refractivity (Wildman–Crippen MR) is 117 cm³/mol. The third kappa shape index (κ3) is 3.33. The normalized spacial score (nSPS) is 15.1. The summed E-state index contributed by atoms with van der Waals surface area (Å²) in [5, 5.41) is 7.60. The van der Waals surface area contributed by atoms with Gasteiger partial charge >= 0.3 is 0 Å². The molecule has 5 rings (SSSR count). The van der Waals surface area contributed by atoms with E-state index in [2.05, 4.69) is 20.6 Å². The van der Waals surface area contributed by atoms with E-state index in [-0.39, 0.29) is 11.8 Å². The minimum absolute atomic E-state index is 0.243. The Bertz CT molecular complexity index is 1280. The van der Waals surface area contributed by atoms with Gasteiger partial charge in [-0.2, -0.15) is 0 Å². The Morgan fingerprint density at radius 3 is 2.90 bits per heavy atom. The molecule has 4 aromatic rings. The second-order valence-electron chi connectivity index (χ2n) is 7.27. The molecule has 148 valence electrons. The van der Waals surface area contributed by atoms with Gasteiger partial charge in [-0.1, -0.05) is 24.3 Å². The SMILES string of the molecule is Cc1ccc(Cc2cc(C(=O)NC3C(=O)Nc4ccccc43)nc3ccsc23)cn1. The topological polar surface area (TPSA) is 84.0 Å². The fraction of sp³-hybridized carbons (Fsp3) is 0.130. The zero-order valence-electron chi connectivity index (χ0n) is 16.2. The maximum Gasteiger partial charge on any atom is 0.270 e. The summed E-state index contributed by atoms with van der Waals surface area (Å²) in [6, 6.07) is 14.4. The number of hydrogen-bond donors (Lipinski definition) is 2. The van der Waals surface area contributed by atoms with Crippen LogP contribution in [0.5, 0.6) is 0 Å². The highest BCUT2D eigenvalue weighted by Gasteiger charge is 2.32. The van der Waals surface area contributed by atoms with Crippen molar-refractivity contribution in [2.45, 2.75) is 19.4 Å². The van der Waals surface area contributed by atoms with E-state index in [0.717, 1.165) is 38.3 Å². The Labute approximate surface area is 177 Å². The van der Waals surface area contributed by atoms with Gasteiger partial charge < -0.3 is 10.6 Å². The lowest BCUT2D eigenvalue weighted by Gasteiger charge is -2.12. The highest BCUT2D eigenvalue weighted by atomic mass is 32.1. The average molecular weight is 414 g/mol. The summed E-state index contributed by atoms with van der Waals surface area (Å²) in [6.45, 7) is 1.95. The molecule has 7 heteroatoms. The van der Waals surface area contributed by atoms with Crippen molar-refractivity contribution in [3.8, 4) is 0 Å². The van der Waals surface area contributed by atoms with E-state index in [1.54, 1.807) is 11.3 Å². The van der Waals surface area contributed by atoms with Crippen molar-refractivity contribution >= 4 is 39.1 Å². The number of para-hydroxylation sites is 1. The molecule has 30 heavy (non-hydrogen) atoms. The number of carbonyl (C=O) groups excluding carboxylic acids is 2. The van der Waals surface area contributed by atoms with Crippen molar-refractivity contribution in [3.63, 3.8) is 0 Å². The van der Waals surface area contributed by atoms with E-state index in [1.165, 1.54) is 0 Å². The summed E-state index contributed by atoms with van der Waals surface area (Å²) < 4.78 is 1.05. The number of amides is 2. The zero-order chi connectivity index (χ0) is 20.7. The van der Waals surface area contributed by atoms with Crippen LogP contribution in [0.4, 0.5) is 5.69 Å². The molecule has 0 saturated carbocycles. The molecular formula is C23H18N4O2S. The van der Waals surface area contributed by atoms with Crippen LogP contribution in [0.1, 0.15) is 38.9 Å². The van der Waals surface area contributed by atoms with Gasteiger partial charge in [-0.15, -0.1) is 11.3 Å². The minimum atomic E-state index is -0.724. The van der Waals surface area contributed by atoms with Crippen molar-refractivity contribution in [2.24, 2.45) is 0 Å². The van der Waals surface area contributed by atoms with Crippen LogP contribution in [0, 0.1) is 6.92 Å². The van der Waals surface area contributed by atoms with Gasteiger partial charge in [-0.25, -0.2) is 4.98 Å². The summed E-state index contributed by atoms with van der Waals surface area (Å²) >= 11 is 1.60.